The standard InChI is InChI=1S/C22H22N4O2S.C3H8O/c1-21(2,27)15-5-6-23-18(7-15)14-9-24-20(25-10-14)26-11-22(12-28-13-22)17-4-3-16(29)8-19(17)26;1-2-3-4/h3-10,27,29H,11-13H2,1-2H3;4H,2-3H2,1H3. The number of aliphatic hydroxyl groups is 2. The number of thiol groups is 1. The van der Waals surface area contributed by atoms with Crippen LogP contribution in [-0.4, -0.2) is 51.5 Å². The molecule has 0 bridgehead atoms. The van der Waals surface area contributed by atoms with Gasteiger partial charge >= 0.3 is 0 Å². The lowest BCUT2D eigenvalue weighted by molar-refractivity contribution is -0.0507. The molecule has 0 atom stereocenters. The van der Waals surface area contributed by atoms with Gasteiger partial charge in [-0.15, -0.1) is 12.6 Å². The van der Waals surface area contributed by atoms with Crippen molar-refractivity contribution in [3.05, 3.63) is 60.0 Å². The topological polar surface area (TPSA) is 91.6 Å². The minimum Gasteiger partial charge on any atom is -0.396 e. The molecule has 0 saturated carbocycles. The van der Waals surface area contributed by atoms with E-state index in [1.807, 2.05) is 25.1 Å². The van der Waals surface area contributed by atoms with Gasteiger partial charge in [-0.3, -0.25) is 4.98 Å². The second kappa shape index (κ2) is 9.38. The van der Waals surface area contributed by atoms with Crippen molar-refractivity contribution in [3.8, 4) is 11.3 Å². The van der Waals surface area contributed by atoms with Crippen LogP contribution in [0.2, 0.25) is 0 Å². The van der Waals surface area contributed by atoms with E-state index in [1.165, 1.54) is 5.56 Å². The Morgan fingerprint density at radius 2 is 1.82 bits per heavy atom. The molecule has 8 heteroatoms. The summed E-state index contributed by atoms with van der Waals surface area (Å²) in [6.45, 7) is 7.99. The highest BCUT2D eigenvalue weighted by Crippen LogP contribution is 2.48. The van der Waals surface area contributed by atoms with Gasteiger partial charge in [-0.05, 0) is 55.7 Å². The van der Waals surface area contributed by atoms with Crippen LogP contribution in [0.15, 0.2) is 53.8 Å². The number of nitrogens with zero attached hydrogens (tertiary/aromatic N) is 4. The summed E-state index contributed by atoms with van der Waals surface area (Å²) in [7, 11) is 0. The Morgan fingerprint density at radius 3 is 2.39 bits per heavy atom. The first-order valence-corrected chi connectivity index (χ1v) is 11.5. The van der Waals surface area contributed by atoms with E-state index in [4.69, 9.17) is 9.84 Å². The van der Waals surface area contributed by atoms with Gasteiger partial charge in [0.2, 0.25) is 5.95 Å². The Balaban J connectivity index is 0.000000601. The number of pyridine rings is 1. The molecule has 1 saturated heterocycles. The van der Waals surface area contributed by atoms with E-state index in [9.17, 15) is 5.11 Å². The van der Waals surface area contributed by atoms with Crippen molar-refractivity contribution in [2.45, 2.75) is 43.1 Å². The maximum absolute atomic E-state index is 10.3. The lowest BCUT2D eigenvalue weighted by Crippen LogP contribution is -2.49. The Morgan fingerprint density at radius 1 is 1.12 bits per heavy atom. The van der Waals surface area contributed by atoms with Crippen LogP contribution in [0.1, 0.15) is 38.3 Å². The number of ether oxygens (including phenoxy) is 1. The normalized spacial score (nSPS) is 16.1. The number of aromatic nitrogens is 3. The predicted molar refractivity (Wildman–Crippen MR) is 131 cm³/mol. The summed E-state index contributed by atoms with van der Waals surface area (Å²) in [5, 5.41) is 18.1. The maximum atomic E-state index is 10.3. The molecular weight excluding hydrogens is 436 g/mol. The first-order chi connectivity index (χ1) is 15.8. The molecule has 1 spiro atoms. The molecule has 2 aromatic heterocycles. The van der Waals surface area contributed by atoms with Crippen LogP contribution in [0.5, 0.6) is 0 Å². The molecule has 1 aromatic carbocycles. The third kappa shape index (κ3) is 4.75. The van der Waals surface area contributed by atoms with Crippen LogP contribution in [0.4, 0.5) is 11.6 Å². The van der Waals surface area contributed by atoms with Crippen LogP contribution < -0.4 is 4.90 Å². The first-order valence-electron chi connectivity index (χ1n) is 11.1. The molecule has 1 fully saturated rings. The Hall–Kier alpha value is -2.52. The van der Waals surface area contributed by atoms with Crippen LogP contribution >= 0.6 is 12.6 Å². The Kier molecular flexibility index (Phi) is 6.72. The number of anilines is 2. The molecule has 7 nitrogen and oxygen atoms in total. The fourth-order valence-electron chi connectivity index (χ4n) is 4.00. The highest BCUT2D eigenvalue weighted by atomic mass is 32.1. The zero-order valence-corrected chi connectivity index (χ0v) is 20.1. The van der Waals surface area contributed by atoms with E-state index in [0.29, 0.717) is 25.8 Å². The lowest BCUT2D eigenvalue weighted by atomic mass is 9.81. The quantitative estimate of drug-likeness (QED) is 0.503. The van der Waals surface area contributed by atoms with Gasteiger partial charge in [-0.1, -0.05) is 13.0 Å². The van der Waals surface area contributed by atoms with E-state index in [1.54, 1.807) is 32.4 Å². The number of rotatable bonds is 4. The molecule has 0 radical (unpaired) electrons. The summed E-state index contributed by atoms with van der Waals surface area (Å²) >= 11 is 4.51. The number of hydrogen-bond acceptors (Lipinski definition) is 8. The van der Waals surface area contributed by atoms with Crippen molar-refractivity contribution < 1.29 is 14.9 Å². The van der Waals surface area contributed by atoms with Gasteiger partial charge in [0.05, 0.1) is 29.9 Å². The van der Waals surface area contributed by atoms with Gasteiger partial charge in [0, 0.05) is 47.9 Å². The van der Waals surface area contributed by atoms with Gasteiger partial charge in [0.15, 0.2) is 0 Å². The van der Waals surface area contributed by atoms with E-state index in [0.717, 1.165) is 40.4 Å². The smallest absolute Gasteiger partial charge is 0.229 e. The molecule has 2 aliphatic rings. The van der Waals surface area contributed by atoms with Crippen molar-refractivity contribution in [1.29, 1.82) is 0 Å². The monoisotopic (exact) mass is 466 g/mol. The molecule has 174 valence electrons. The van der Waals surface area contributed by atoms with E-state index >= 15 is 0 Å². The van der Waals surface area contributed by atoms with Crippen molar-refractivity contribution >= 4 is 24.3 Å². The van der Waals surface area contributed by atoms with E-state index in [-0.39, 0.29) is 5.41 Å². The fraction of sp³-hybridized carbons (Fsp3) is 0.400. The summed E-state index contributed by atoms with van der Waals surface area (Å²) in [5.74, 6) is 0.649. The predicted octanol–water partition coefficient (Wildman–Crippen LogP) is 3.86. The van der Waals surface area contributed by atoms with Crippen molar-refractivity contribution in [3.63, 3.8) is 0 Å². The van der Waals surface area contributed by atoms with Gasteiger partial charge in [-0.25, -0.2) is 9.97 Å². The van der Waals surface area contributed by atoms with Gasteiger partial charge in [0.25, 0.3) is 0 Å². The Labute approximate surface area is 199 Å². The summed E-state index contributed by atoms with van der Waals surface area (Å²) < 4.78 is 5.53. The number of benzene rings is 1. The molecule has 2 N–H and O–H groups in total. The summed E-state index contributed by atoms with van der Waals surface area (Å²) in [6.07, 6.45) is 6.14. The van der Waals surface area contributed by atoms with Crippen LogP contribution in [0, 0.1) is 0 Å². The molecule has 5 rings (SSSR count). The van der Waals surface area contributed by atoms with Gasteiger partial charge < -0.3 is 19.8 Å². The average molecular weight is 467 g/mol. The van der Waals surface area contributed by atoms with Crippen molar-refractivity contribution in [1.82, 2.24) is 15.0 Å². The van der Waals surface area contributed by atoms with Crippen molar-refractivity contribution in [2.75, 3.05) is 31.3 Å². The molecule has 4 heterocycles. The van der Waals surface area contributed by atoms with Gasteiger partial charge in [-0.2, -0.15) is 0 Å². The summed E-state index contributed by atoms with van der Waals surface area (Å²) in [6, 6.07) is 9.92. The minimum atomic E-state index is -0.929. The number of hydrogen-bond donors (Lipinski definition) is 3. The summed E-state index contributed by atoms with van der Waals surface area (Å²) in [5.41, 5.74) is 3.80. The van der Waals surface area contributed by atoms with E-state index < -0.39 is 5.60 Å². The third-order valence-electron chi connectivity index (χ3n) is 5.93. The lowest BCUT2D eigenvalue weighted by Gasteiger charge is -2.38. The second-order valence-electron chi connectivity index (χ2n) is 9.04. The number of fused-ring (bicyclic) bond motifs is 2. The van der Waals surface area contributed by atoms with Crippen molar-refractivity contribution in [2.24, 2.45) is 0 Å². The SMILES string of the molecule is CC(C)(O)c1ccnc(-c2cnc(N3CC4(COC4)c4ccc(S)cc43)nc2)c1.CCCO. The molecule has 0 amide bonds. The Bertz CT molecular complexity index is 1110. The highest BCUT2D eigenvalue weighted by molar-refractivity contribution is 7.80. The van der Waals surface area contributed by atoms with Crippen LogP contribution in [0.3, 0.4) is 0 Å². The van der Waals surface area contributed by atoms with E-state index in [2.05, 4.69) is 44.6 Å². The van der Waals surface area contributed by atoms with Crippen LogP contribution in [-0.2, 0) is 15.8 Å². The van der Waals surface area contributed by atoms with Crippen LogP contribution in [0.25, 0.3) is 11.3 Å². The largest absolute Gasteiger partial charge is 0.396 e. The summed E-state index contributed by atoms with van der Waals surface area (Å²) in [4.78, 5) is 16.7. The van der Waals surface area contributed by atoms with Gasteiger partial charge in [0.1, 0.15) is 0 Å². The maximum Gasteiger partial charge on any atom is 0.229 e. The molecule has 2 aliphatic heterocycles. The molecule has 0 aliphatic carbocycles. The zero-order valence-electron chi connectivity index (χ0n) is 19.2. The second-order valence-corrected chi connectivity index (χ2v) is 9.56. The third-order valence-corrected chi connectivity index (χ3v) is 6.20. The average Bonchev–Trinajstić information content (AvgIpc) is 3.14. The highest BCUT2D eigenvalue weighted by Gasteiger charge is 2.49. The zero-order chi connectivity index (χ0) is 23.6. The molecular formula is C25H30N4O3S. The molecule has 0 unspecified atom stereocenters. The molecule has 33 heavy (non-hydrogen) atoms. The number of aliphatic hydroxyl groups excluding tert-OH is 1. The minimum absolute atomic E-state index is 0.0153. The first kappa shape index (κ1) is 23.6. The fourth-order valence-corrected chi connectivity index (χ4v) is 4.20. The molecule has 3 aromatic rings.